The predicted octanol–water partition coefficient (Wildman–Crippen LogP) is 0.116. The van der Waals surface area contributed by atoms with Crippen molar-refractivity contribution in [3.05, 3.63) is 12.4 Å². The largest absolute Gasteiger partial charge is 0.382 e. The van der Waals surface area contributed by atoms with E-state index in [2.05, 4.69) is 9.97 Å². The second-order valence-corrected chi connectivity index (χ2v) is 4.74. The van der Waals surface area contributed by atoms with Gasteiger partial charge < -0.3 is 15.5 Å². The van der Waals surface area contributed by atoms with Crippen molar-refractivity contribution in [3.8, 4) is 0 Å². The summed E-state index contributed by atoms with van der Waals surface area (Å²) in [4.78, 5) is 24.0. The molecule has 0 aliphatic carbocycles. The molecule has 0 radical (unpaired) electrons. The molecule has 1 amide bonds. The first-order valence-corrected chi connectivity index (χ1v) is 5.53. The van der Waals surface area contributed by atoms with Crippen LogP contribution < -0.4 is 10.6 Å². The minimum atomic E-state index is -0.599. The summed E-state index contributed by atoms with van der Waals surface area (Å²) >= 11 is 0. The zero-order chi connectivity index (χ0) is 12.6. The van der Waals surface area contributed by atoms with E-state index in [-0.39, 0.29) is 5.91 Å². The van der Waals surface area contributed by atoms with E-state index in [9.17, 15) is 4.79 Å². The number of likely N-dealkylation sites (N-methyl/N-ethyl adjacent to an activating group) is 1. The molecule has 0 saturated carbocycles. The Labute approximate surface area is 100 Å². The molecule has 1 aromatic rings. The molecule has 1 fully saturated rings. The Kier molecular flexibility index (Phi) is 2.65. The predicted molar refractivity (Wildman–Crippen MR) is 65.5 cm³/mol. The van der Waals surface area contributed by atoms with E-state index < -0.39 is 5.54 Å². The molecule has 0 bridgehead atoms. The highest BCUT2D eigenvalue weighted by molar-refractivity contribution is 5.89. The molecule has 1 aliphatic heterocycles. The van der Waals surface area contributed by atoms with E-state index in [1.165, 1.54) is 6.20 Å². The van der Waals surface area contributed by atoms with Crippen LogP contribution in [0.2, 0.25) is 0 Å². The number of piperazine rings is 1. The van der Waals surface area contributed by atoms with Crippen molar-refractivity contribution >= 4 is 17.5 Å². The van der Waals surface area contributed by atoms with Crippen LogP contribution in [0.25, 0.3) is 0 Å². The smallest absolute Gasteiger partial charge is 0.247 e. The zero-order valence-electron chi connectivity index (χ0n) is 10.3. The number of carbonyl (C=O) groups is 1. The fraction of sp³-hybridized carbons (Fsp3) is 0.545. The normalized spacial score (nSPS) is 19.6. The summed E-state index contributed by atoms with van der Waals surface area (Å²) in [6.45, 7) is 5.22. The van der Waals surface area contributed by atoms with Gasteiger partial charge in [0.05, 0.1) is 12.4 Å². The lowest BCUT2D eigenvalue weighted by atomic mass is 9.98. The Bertz CT molecular complexity index is 428. The molecule has 1 aliphatic rings. The summed E-state index contributed by atoms with van der Waals surface area (Å²) < 4.78 is 0. The van der Waals surface area contributed by atoms with Crippen LogP contribution in [0.15, 0.2) is 12.4 Å². The number of aromatic nitrogens is 2. The summed E-state index contributed by atoms with van der Waals surface area (Å²) in [7, 11) is 1.82. The Morgan fingerprint density at radius 2 is 2.00 bits per heavy atom. The van der Waals surface area contributed by atoms with Crippen molar-refractivity contribution in [1.29, 1.82) is 0 Å². The molecule has 0 unspecified atom stereocenters. The lowest BCUT2D eigenvalue weighted by molar-refractivity contribution is -0.136. The minimum absolute atomic E-state index is 0.0855. The van der Waals surface area contributed by atoms with Crippen LogP contribution in [0.1, 0.15) is 13.8 Å². The van der Waals surface area contributed by atoms with Crippen LogP contribution in [0.3, 0.4) is 0 Å². The Hall–Kier alpha value is -1.85. The highest BCUT2D eigenvalue weighted by Crippen LogP contribution is 2.26. The number of nitrogens with zero attached hydrogens (tertiary/aromatic N) is 4. The third kappa shape index (κ3) is 1.90. The summed E-state index contributed by atoms with van der Waals surface area (Å²) in [5.74, 6) is 1.15. The number of amides is 1. The summed E-state index contributed by atoms with van der Waals surface area (Å²) in [6, 6.07) is 0. The van der Waals surface area contributed by atoms with E-state index in [1.807, 2.05) is 25.8 Å². The molecule has 2 heterocycles. The van der Waals surface area contributed by atoms with Crippen molar-refractivity contribution in [2.24, 2.45) is 0 Å². The summed E-state index contributed by atoms with van der Waals surface area (Å²) in [6.07, 6.45) is 3.11. The standard InChI is InChI=1S/C11H17N5O/c1-11(2)10(17)15(3)4-5-16(11)9-7-13-8(12)6-14-9/h6-7H,4-5H2,1-3H3,(H2,12,13). The first-order chi connectivity index (χ1) is 7.93. The number of nitrogen functional groups attached to an aromatic ring is 1. The minimum Gasteiger partial charge on any atom is -0.382 e. The lowest BCUT2D eigenvalue weighted by Crippen LogP contribution is -2.62. The van der Waals surface area contributed by atoms with Gasteiger partial charge in [0.15, 0.2) is 0 Å². The van der Waals surface area contributed by atoms with Gasteiger partial charge in [-0.1, -0.05) is 0 Å². The van der Waals surface area contributed by atoms with Crippen molar-refractivity contribution < 1.29 is 4.79 Å². The van der Waals surface area contributed by atoms with Crippen LogP contribution in [-0.2, 0) is 4.79 Å². The molecule has 92 valence electrons. The number of hydrogen-bond acceptors (Lipinski definition) is 5. The molecule has 0 aromatic carbocycles. The van der Waals surface area contributed by atoms with Crippen molar-refractivity contribution in [3.63, 3.8) is 0 Å². The van der Waals surface area contributed by atoms with Crippen LogP contribution in [0.5, 0.6) is 0 Å². The van der Waals surface area contributed by atoms with E-state index in [0.717, 1.165) is 6.54 Å². The first kappa shape index (κ1) is 11.6. The van der Waals surface area contributed by atoms with Gasteiger partial charge in [-0.3, -0.25) is 4.79 Å². The second kappa shape index (κ2) is 3.87. The maximum Gasteiger partial charge on any atom is 0.247 e. The Balaban J connectivity index is 2.32. The van der Waals surface area contributed by atoms with Gasteiger partial charge in [0, 0.05) is 20.1 Å². The van der Waals surface area contributed by atoms with E-state index in [4.69, 9.17) is 5.73 Å². The zero-order valence-corrected chi connectivity index (χ0v) is 10.3. The molecule has 1 saturated heterocycles. The molecular formula is C11H17N5O. The van der Waals surface area contributed by atoms with Gasteiger partial charge in [-0.2, -0.15) is 0 Å². The van der Waals surface area contributed by atoms with Crippen LogP contribution in [0.4, 0.5) is 11.6 Å². The van der Waals surface area contributed by atoms with E-state index in [1.54, 1.807) is 11.1 Å². The van der Waals surface area contributed by atoms with E-state index in [0.29, 0.717) is 18.2 Å². The molecular weight excluding hydrogens is 218 g/mol. The van der Waals surface area contributed by atoms with Crippen molar-refractivity contribution in [2.45, 2.75) is 19.4 Å². The first-order valence-electron chi connectivity index (χ1n) is 5.53. The Morgan fingerprint density at radius 1 is 1.29 bits per heavy atom. The van der Waals surface area contributed by atoms with Gasteiger partial charge in [0.25, 0.3) is 0 Å². The number of rotatable bonds is 1. The maximum absolute atomic E-state index is 12.1. The Morgan fingerprint density at radius 3 is 2.59 bits per heavy atom. The molecule has 6 nitrogen and oxygen atoms in total. The third-order valence-electron chi connectivity index (χ3n) is 3.14. The van der Waals surface area contributed by atoms with Crippen molar-refractivity contribution in [2.75, 3.05) is 30.8 Å². The second-order valence-electron chi connectivity index (χ2n) is 4.74. The highest BCUT2D eigenvalue weighted by Gasteiger charge is 2.41. The van der Waals surface area contributed by atoms with Crippen LogP contribution in [-0.4, -0.2) is 46.5 Å². The topological polar surface area (TPSA) is 75.3 Å². The van der Waals surface area contributed by atoms with Crippen molar-refractivity contribution in [1.82, 2.24) is 14.9 Å². The maximum atomic E-state index is 12.1. The highest BCUT2D eigenvalue weighted by atomic mass is 16.2. The molecule has 2 rings (SSSR count). The fourth-order valence-electron chi connectivity index (χ4n) is 2.09. The van der Waals surface area contributed by atoms with Crippen LogP contribution in [0, 0.1) is 0 Å². The summed E-state index contributed by atoms with van der Waals surface area (Å²) in [5.41, 5.74) is 4.91. The molecule has 6 heteroatoms. The average molecular weight is 235 g/mol. The lowest BCUT2D eigenvalue weighted by Gasteiger charge is -2.45. The van der Waals surface area contributed by atoms with Gasteiger partial charge in [-0.25, -0.2) is 9.97 Å². The summed E-state index contributed by atoms with van der Waals surface area (Å²) in [5, 5.41) is 0. The van der Waals surface area contributed by atoms with Gasteiger partial charge in [0.1, 0.15) is 17.2 Å². The van der Waals surface area contributed by atoms with Gasteiger partial charge in [-0.15, -0.1) is 0 Å². The third-order valence-corrected chi connectivity index (χ3v) is 3.14. The van der Waals surface area contributed by atoms with Gasteiger partial charge >= 0.3 is 0 Å². The fourth-order valence-corrected chi connectivity index (χ4v) is 2.09. The average Bonchev–Trinajstić information content (AvgIpc) is 2.28. The molecule has 17 heavy (non-hydrogen) atoms. The molecule has 2 N–H and O–H groups in total. The number of hydrogen-bond donors (Lipinski definition) is 1. The van der Waals surface area contributed by atoms with Gasteiger partial charge in [-0.05, 0) is 13.8 Å². The van der Waals surface area contributed by atoms with Gasteiger partial charge in [0.2, 0.25) is 5.91 Å². The van der Waals surface area contributed by atoms with Crippen LogP contribution >= 0.6 is 0 Å². The van der Waals surface area contributed by atoms with E-state index >= 15 is 0 Å². The monoisotopic (exact) mass is 235 g/mol. The molecule has 0 spiro atoms. The molecule has 1 aromatic heterocycles. The number of anilines is 2. The quantitative estimate of drug-likeness (QED) is 0.748. The number of carbonyl (C=O) groups excluding carboxylic acids is 1. The molecule has 0 atom stereocenters. The SMILES string of the molecule is CN1CCN(c2cnc(N)cn2)C(C)(C)C1=O. The number of nitrogens with two attached hydrogens (primary N) is 1.